The van der Waals surface area contributed by atoms with Crippen molar-refractivity contribution in [3.63, 3.8) is 0 Å². The molecule has 16 heavy (non-hydrogen) atoms. The highest BCUT2D eigenvalue weighted by Gasteiger charge is 1.75. The molecule has 0 aliphatic carbocycles. The molecule has 0 unspecified atom stereocenters. The fourth-order valence-electron chi connectivity index (χ4n) is 0.500. The van der Waals surface area contributed by atoms with Gasteiger partial charge in [0.05, 0.1) is 0 Å². The molecule has 0 atom stereocenters. The molecular weight excluding hydrogens is 192 g/mol. The van der Waals surface area contributed by atoms with Crippen molar-refractivity contribution in [1.29, 1.82) is 0 Å². The van der Waals surface area contributed by atoms with E-state index in [0.717, 1.165) is 5.92 Å². The first kappa shape index (κ1) is 25.0. The molecule has 0 aromatic heterocycles. The van der Waals surface area contributed by atoms with Crippen LogP contribution < -0.4 is 0 Å². The zero-order valence-electron chi connectivity index (χ0n) is 13.8. The van der Waals surface area contributed by atoms with Gasteiger partial charge in [0.25, 0.3) is 0 Å². The van der Waals surface area contributed by atoms with Crippen molar-refractivity contribution in [1.82, 2.24) is 0 Å². The minimum atomic E-state index is 0.833. The van der Waals surface area contributed by atoms with E-state index in [4.69, 9.17) is 0 Å². The molecule has 0 aromatic rings. The monoisotopic (exact) mass is 232 g/mol. The van der Waals surface area contributed by atoms with E-state index in [-0.39, 0.29) is 0 Å². The van der Waals surface area contributed by atoms with Gasteiger partial charge in [0.2, 0.25) is 0 Å². The Morgan fingerprint density at radius 2 is 0.750 bits per heavy atom. The van der Waals surface area contributed by atoms with Crippen LogP contribution in [0.4, 0.5) is 0 Å². The normalized spacial score (nSPS) is 7.88. The maximum atomic E-state index is 2.23. The Kier molecular flexibility index (Phi) is 56.7. The smallest absolute Gasteiger partial charge is 0.0500 e. The van der Waals surface area contributed by atoms with Gasteiger partial charge in [-0.1, -0.05) is 101 Å². The molecule has 0 radical (unpaired) electrons. The van der Waals surface area contributed by atoms with Gasteiger partial charge in [-0.3, -0.25) is 0 Å². The maximum Gasteiger partial charge on any atom is -0.0500 e. The van der Waals surface area contributed by atoms with Gasteiger partial charge in [-0.15, -0.1) is 0 Å². The Labute approximate surface area is 107 Å². The summed E-state index contributed by atoms with van der Waals surface area (Å²) in [5.41, 5.74) is 0. The second kappa shape index (κ2) is 36.3. The first-order chi connectivity index (χ1) is 7.56. The van der Waals surface area contributed by atoms with Crippen LogP contribution in [0.15, 0.2) is 0 Å². The molecule has 0 amide bonds. The molecule has 0 spiro atoms. The number of hydrogen-bond acceptors (Lipinski definition) is 0. The first-order valence-corrected chi connectivity index (χ1v) is 7.56. The van der Waals surface area contributed by atoms with Gasteiger partial charge in [-0.25, -0.2) is 0 Å². The zero-order valence-corrected chi connectivity index (χ0v) is 13.8. The quantitative estimate of drug-likeness (QED) is 0.454. The molecular formula is C16H40. The van der Waals surface area contributed by atoms with Crippen molar-refractivity contribution in [2.75, 3.05) is 0 Å². The highest BCUT2D eigenvalue weighted by atomic mass is 13.8. The fourth-order valence-corrected chi connectivity index (χ4v) is 0.500. The molecule has 0 aliphatic rings. The highest BCUT2D eigenvalue weighted by molar-refractivity contribution is 4.31. The standard InChI is InChI=1S/C6H14.2C4H10.C2H6/c1-3-5-6-4-2;1-4(2)3;1-3-4-2;1-2/h3-6H2,1-2H3;4H,1-3H3;3-4H2,1-2H3;1-2H3. The minimum absolute atomic E-state index is 0.833. The van der Waals surface area contributed by atoms with E-state index in [1.807, 2.05) is 13.8 Å². The molecule has 0 saturated carbocycles. The highest BCUT2D eigenvalue weighted by Crippen LogP contribution is 1.95. The van der Waals surface area contributed by atoms with Crippen LogP contribution in [0.25, 0.3) is 0 Å². The van der Waals surface area contributed by atoms with Gasteiger partial charge >= 0.3 is 0 Å². The summed E-state index contributed by atoms with van der Waals surface area (Å²) >= 11 is 0. The van der Waals surface area contributed by atoms with Crippen LogP contribution in [0.3, 0.4) is 0 Å². The Bertz CT molecular complexity index is 46.3. The third-order valence-corrected chi connectivity index (χ3v) is 1.46. The van der Waals surface area contributed by atoms with Gasteiger partial charge in [-0.2, -0.15) is 0 Å². The van der Waals surface area contributed by atoms with Crippen LogP contribution in [0.2, 0.25) is 0 Å². The predicted octanol–water partition coefficient (Wildman–Crippen LogP) is 7.08. The molecule has 0 heterocycles. The predicted molar refractivity (Wildman–Crippen MR) is 82.3 cm³/mol. The van der Waals surface area contributed by atoms with Gasteiger partial charge in [0.1, 0.15) is 0 Å². The zero-order chi connectivity index (χ0) is 13.8. The summed E-state index contributed by atoms with van der Waals surface area (Å²) in [6.45, 7) is 19.3. The molecule has 0 rings (SSSR count). The number of hydrogen-bond donors (Lipinski definition) is 0. The Morgan fingerprint density at radius 1 is 0.562 bits per heavy atom. The minimum Gasteiger partial charge on any atom is -0.0683 e. The van der Waals surface area contributed by atoms with E-state index < -0.39 is 0 Å². The lowest BCUT2D eigenvalue weighted by Gasteiger charge is -1.86. The van der Waals surface area contributed by atoms with Crippen molar-refractivity contribution >= 4 is 0 Å². The van der Waals surface area contributed by atoms with Crippen LogP contribution in [-0.4, -0.2) is 0 Å². The van der Waals surface area contributed by atoms with E-state index in [1.54, 1.807) is 0 Å². The summed E-state index contributed by atoms with van der Waals surface area (Å²) in [7, 11) is 0. The molecule has 0 N–H and O–H groups in total. The van der Waals surface area contributed by atoms with Crippen molar-refractivity contribution < 1.29 is 0 Å². The molecule has 0 heteroatoms. The molecule has 0 saturated heterocycles. The Hall–Kier alpha value is 0. The second-order valence-corrected chi connectivity index (χ2v) is 4.44. The third kappa shape index (κ3) is 148. The Balaban J connectivity index is -0.0000000643. The van der Waals surface area contributed by atoms with Crippen LogP contribution in [0.1, 0.15) is 101 Å². The lowest BCUT2D eigenvalue weighted by atomic mass is 10.2. The lowest BCUT2D eigenvalue weighted by molar-refractivity contribution is 0.702. The van der Waals surface area contributed by atoms with E-state index in [0.29, 0.717) is 0 Å². The van der Waals surface area contributed by atoms with E-state index in [2.05, 4.69) is 48.5 Å². The summed E-state index contributed by atoms with van der Waals surface area (Å²) in [5, 5.41) is 0. The van der Waals surface area contributed by atoms with Crippen LogP contribution >= 0.6 is 0 Å². The molecule has 0 nitrogen and oxygen atoms in total. The number of unbranched alkanes of at least 4 members (excludes halogenated alkanes) is 4. The summed E-state index contributed by atoms with van der Waals surface area (Å²) < 4.78 is 0. The first-order valence-electron chi connectivity index (χ1n) is 7.56. The van der Waals surface area contributed by atoms with Crippen LogP contribution in [-0.2, 0) is 0 Å². The largest absolute Gasteiger partial charge is 0.0683 e. The van der Waals surface area contributed by atoms with Crippen molar-refractivity contribution in [2.45, 2.75) is 101 Å². The van der Waals surface area contributed by atoms with Gasteiger partial charge in [0, 0.05) is 0 Å². The molecule has 104 valence electrons. The molecule has 0 aliphatic heterocycles. The molecule has 0 aromatic carbocycles. The SMILES string of the molecule is CC.CC(C)C.CCCC.CCCCCC. The molecule has 0 fully saturated rings. The van der Waals surface area contributed by atoms with E-state index >= 15 is 0 Å². The molecule has 0 bridgehead atoms. The summed E-state index contributed by atoms with van der Waals surface area (Å²) in [5.74, 6) is 0.833. The topological polar surface area (TPSA) is 0 Å². The number of rotatable bonds is 4. The van der Waals surface area contributed by atoms with Crippen molar-refractivity contribution in [3.05, 3.63) is 0 Å². The maximum absolute atomic E-state index is 2.23. The lowest BCUT2D eigenvalue weighted by Crippen LogP contribution is -1.66. The van der Waals surface area contributed by atoms with Crippen molar-refractivity contribution in [2.24, 2.45) is 5.92 Å². The van der Waals surface area contributed by atoms with Crippen LogP contribution in [0, 0.1) is 5.92 Å². The summed E-state index contributed by atoms with van der Waals surface area (Å²) in [6.07, 6.45) is 8.18. The van der Waals surface area contributed by atoms with Gasteiger partial charge in [0.15, 0.2) is 0 Å². The second-order valence-electron chi connectivity index (χ2n) is 4.44. The van der Waals surface area contributed by atoms with Crippen LogP contribution in [0.5, 0.6) is 0 Å². The van der Waals surface area contributed by atoms with Gasteiger partial charge in [-0.05, 0) is 5.92 Å². The average molecular weight is 232 g/mol. The average Bonchev–Trinajstić information content (AvgIpc) is 2.28. The van der Waals surface area contributed by atoms with Gasteiger partial charge < -0.3 is 0 Å². The summed E-state index contributed by atoms with van der Waals surface area (Å²) in [4.78, 5) is 0. The third-order valence-electron chi connectivity index (χ3n) is 1.46. The van der Waals surface area contributed by atoms with E-state index in [9.17, 15) is 0 Å². The van der Waals surface area contributed by atoms with Crippen molar-refractivity contribution in [3.8, 4) is 0 Å². The Morgan fingerprint density at radius 3 is 0.812 bits per heavy atom. The van der Waals surface area contributed by atoms with E-state index in [1.165, 1.54) is 38.5 Å². The summed E-state index contributed by atoms with van der Waals surface area (Å²) in [6, 6.07) is 0. The fraction of sp³-hybridized carbons (Fsp3) is 1.00.